The standard InChI is InChI=1S/C8H6F2O.CH4.11Y/c1-6-2-4-7(5-3-6)11-8(9)10;;;;;;;;;;;;/h2-3,8H,1H3;1H4;;;;;;;;;;;/q-2;;;;;;;;;;;;. The van der Waals surface area contributed by atoms with E-state index in [9.17, 15) is 8.78 Å². The van der Waals surface area contributed by atoms with Gasteiger partial charge in [-0.05, 0) is 0 Å². The Morgan fingerprint density at radius 1 is 0.739 bits per heavy atom. The van der Waals surface area contributed by atoms with Gasteiger partial charge in [-0.15, -0.1) is 12.7 Å². The molecule has 101 valence electrons. The van der Waals surface area contributed by atoms with E-state index in [0.29, 0.717) is 0 Å². The number of benzene rings is 1. The van der Waals surface area contributed by atoms with Gasteiger partial charge in [-0.2, -0.15) is 8.78 Å². The molecule has 0 aromatic heterocycles. The summed E-state index contributed by atoms with van der Waals surface area (Å²) < 4.78 is 27.1. The Balaban J connectivity index is -0.0000000101. The van der Waals surface area contributed by atoms with Crippen molar-refractivity contribution in [2.45, 2.75) is 21.0 Å². The van der Waals surface area contributed by atoms with Gasteiger partial charge < -0.3 is 16.9 Å². The van der Waals surface area contributed by atoms with Gasteiger partial charge in [0.2, 0.25) is 0 Å². The van der Waals surface area contributed by atoms with E-state index >= 15 is 0 Å². The average molecular weight is 1150 g/mol. The maximum absolute atomic E-state index is 11.6. The molecule has 1 aromatic rings. The van der Waals surface area contributed by atoms with Gasteiger partial charge in [0.1, 0.15) is 0 Å². The largest absolute Gasteiger partial charge is 0.488 e. The maximum Gasteiger partial charge on any atom is 0.383 e. The van der Waals surface area contributed by atoms with Crippen LogP contribution in [0.3, 0.4) is 0 Å². The van der Waals surface area contributed by atoms with E-state index < -0.39 is 6.61 Å². The minimum atomic E-state index is -2.80. The van der Waals surface area contributed by atoms with Crippen molar-refractivity contribution in [3.8, 4) is 5.75 Å². The molecule has 11 radical (unpaired) electrons. The van der Waals surface area contributed by atoms with Crippen molar-refractivity contribution in [1.29, 1.82) is 0 Å². The van der Waals surface area contributed by atoms with Crippen molar-refractivity contribution in [1.82, 2.24) is 0 Å². The first-order chi connectivity index (χ1) is 5.18. The molecule has 1 nitrogen and oxygen atoms in total. The molecule has 0 aliphatic heterocycles. The van der Waals surface area contributed by atoms with Gasteiger partial charge >= 0.3 is 6.61 Å². The zero-order valence-corrected chi connectivity index (χ0v) is 43.5. The molecule has 23 heavy (non-hydrogen) atoms. The van der Waals surface area contributed by atoms with Gasteiger partial charge in [0.25, 0.3) is 0 Å². The van der Waals surface area contributed by atoms with Crippen LogP contribution in [0.25, 0.3) is 0 Å². The van der Waals surface area contributed by atoms with Crippen LogP contribution in [0, 0.1) is 19.1 Å². The minimum Gasteiger partial charge on any atom is -0.488 e. The van der Waals surface area contributed by atoms with Crippen LogP contribution < -0.4 is 4.74 Å². The van der Waals surface area contributed by atoms with Gasteiger partial charge in [0.05, 0.1) is 0 Å². The minimum absolute atomic E-state index is 0. The quantitative estimate of drug-likeness (QED) is 0.415. The van der Waals surface area contributed by atoms with Crippen LogP contribution in [0.5, 0.6) is 5.75 Å². The molecule has 0 atom stereocenters. The van der Waals surface area contributed by atoms with Crippen LogP contribution in [0.15, 0.2) is 12.1 Å². The fourth-order valence-electron chi connectivity index (χ4n) is 0.599. The molecule has 0 unspecified atom stereocenters. The van der Waals surface area contributed by atoms with Crippen LogP contribution in [-0.2, 0) is 360 Å². The van der Waals surface area contributed by atoms with Crippen LogP contribution in [0.4, 0.5) is 8.78 Å². The number of hydrogen-bond donors (Lipinski definition) is 0. The molecule has 0 bridgehead atoms. The van der Waals surface area contributed by atoms with Gasteiger partial charge in [-0.3, -0.25) is 17.7 Å². The second-order valence-corrected chi connectivity index (χ2v) is 2.03. The molecule has 14 heteroatoms. The normalized spacial score (nSPS) is 4.87. The Bertz CT molecular complexity index is 241. The predicted molar refractivity (Wildman–Crippen MR) is 42.2 cm³/mol. The molecular formula is C9H10F2OY11-2. The fraction of sp³-hybridized carbons (Fsp3) is 0.333. The number of aryl methyl sites for hydroxylation is 1. The molecule has 0 aliphatic carbocycles. The zero-order valence-electron chi connectivity index (χ0n) is 12.2. The van der Waals surface area contributed by atoms with Crippen molar-refractivity contribution in [2.75, 3.05) is 0 Å². The molecule has 0 saturated heterocycles. The Kier molecular flexibility index (Phi) is 180. The molecule has 0 heterocycles. The van der Waals surface area contributed by atoms with Gasteiger partial charge in [0.15, 0.2) is 0 Å². The Morgan fingerprint density at radius 3 is 1.22 bits per heavy atom. The van der Waals surface area contributed by atoms with Crippen LogP contribution in [0.1, 0.15) is 13.0 Å². The van der Waals surface area contributed by atoms with Crippen molar-refractivity contribution in [3.63, 3.8) is 0 Å². The summed E-state index contributed by atoms with van der Waals surface area (Å²) in [5.41, 5.74) is 0.909. The summed E-state index contributed by atoms with van der Waals surface area (Å²) in [4.78, 5) is 0. The SMILES string of the molecule is C.Cc1c[c-]c(OC(F)F)[c-]c1.[Y].[Y].[Y].[Y].[Y].[Y].[Y].[Y].[Y].[Y].[Y]. The predicted octanol–water partition coefficient (Wildman–Crippen LogP) is 2.81. The summed E-state index contributed by atoms with van der Waals surface area (Å²) in [6.07, 6.45) is 0. The second kappa shape index (κ2) is 54.1. The van der Waals surface area contributed by atoms with Crippen molar-refractivity contribution >= 4 is 0 Å². The van der Waals surface area contributed by atoms with E-state index in [-0.39, 0.29) is 373 Å². The molecule has 0 saturated carbocycles. The van der Waals surface area contributed by atoms with Crippen LogP contribution >= 0.6 is 0 Å². The number of ether oxygens (including phenoxy) is 1. The van der Waals surface area contributed by atoms with Crippen molar-refractivity contribution < 1.29 is 373 Å². The Morgan fingerprint density at radius 2 is 1.00 bits per heavy atom. The van der Waals surface area contributed by atoms with Crippen molar-refractivity contribution in [2.24, 2.45) is 0 Å². The smallest absolute Gasteiger partial charge is 0.383 e. The third-order valence-electron chi connectivity index (χ3n) is 1.07. The van der Waals surface area contributed by atoms with Gasteiger partial charge in [-0.25, -0.2) is 0 Å². The van der Waals surface area contributed by atoms with Crippen molar-refractivity contribution in [3.05, 3.63) is 29.8 Å². The first kappa shape index (κ1) is 76.5. The third kappa shape index (κ3) is 50.8. The van der Waals surface area contributed by atoms with E-state index in [4.69, 9.17) is 0 Å². The first-order valence-electron chi connectivity index (χ1n) is 3.03. The number of alkyl halides is 2. The second-order valence-electron chi connectivity index (χ2n) is 2.03. The summed E-state index contributed by atoms with van der Waals surface area (Å²) in [6.45, 7) is -0.982. The Labute approximate surface area is 416 Å². The number of halogens is 2. The molecule has 0 spiro atoms. The first-order valence-corrected chi connectivity index (χ1v) is 3.03. The van der Waals surface area contributed by atoms with E-state index in [2.05, 4.69) is 16.9 Å². The summed E-state index contributed by atoms with van der Waals surface area (Å²) in [7, 11) is 0. The molecule has 1 rings (SSSR count). The Hall–Kier alpha value is 11.0. The van der Waals surface area contributed by atoms with Crippen LogP contribution in [-0.4, -0.2) is 6.61 Å². The van der Waals surface area contributed by atoms with Gasteiger partial charge in [-0.1, -0.05) is 7.43 Å². The molecule has 1 aromatic carbocycles. The summed E-state index contributed by atoms with van der Waals surface area (Å²) in [5.74, 6) is -0.0504. The zero-order chi connectivity index (χ0) is 8.27. The van der Waals surface area contributed by atoms with E-state index in [0.717, 1.165) is 5.56 Å². The van der Waals surface area contributed by atoms with Crippen LogP contribution in [0.2, 0.25) is 0 Å². The van der Waals surface area contributed by atoms with E-state index in [1.165, 1.54) is 0 Å². The van der Waals surface area contributed by atoms with Gasteiger partial charge in [0, 0.05) is 360 Å². The topological polar surface area (TPSA) is 9.23 Å². The summed E-state index contributed by atoms with van der Waals surface area (Å²) >= 11 is 0. The fourth-order valence-corrected chi connectivity index (χ4v) is 0.599. The number of rotatable bonds is 2. The maximum atomic E-state index is 11.6. The molecule has 0 aliphatic rings. The summed E-state index contributed by atoms with van der Waals surface area (Å²) in [6, 6.07) is 8.15. The molecule has 0 amide bonds. The molecule has 0 fully saturated rings. The van der Waals surface area contributed by atoms with E-state index in [1.807, 2.05) is 6.92 Å². The third-order valence-corrected chi connectivity index (χ3v) is 1.07. The van der Waals surface area contributed by atoms with E-state index in [1.54, 1.807) is 12.1 Å². The average Bonchev–Trinajstić information content (AvgIpc) is 1.93. The molecular weight excluding hydrogens is 1140 g/mol. The molecule has 0 N–H and O–H groups in total. The number of hydrogen-bond acceptors (Lipinski definition) is 1. The summed E-state index contributed by atoms with van der Waals surface area (Å²) in [5, 5.41) is 0. The monoisotopic (exact) mass is 1150 g/mol.